The third kappa shape index (κ3) is 2.91. The number of carbonyl (C=O) groups is 2. The minimum absolute atomic E-state index is 0.0678. The lowest BCUT2D eigenvalue weighted by Gasteiger charge is -2.19. The van der Waals surface area contributed by atoms with E-state index < -0.39 is 11.4 Å². The molecule has 20 heavy (non-hydrogen) atoms. The third-order valence-corrected chi connectivity index (χ3v) is 3.00. The Morgan fingerprint density at radius 2 is 1.65 bits per heavy atom. The molecule has 1 fully saturated rings. The van der Waals surface area contributed by atoms with Crippen LogP contribution < -0.4 is 0 Å². The fraction of sp³-hybridized carbons (Fsp3) is 0.357. The van der Waals surface area contributed by atoms with Gasteiger partial charge in [-0.3, -0.25) is 9.59 Å². The lowest BCUT2D eigenvalue weighted by atomic mass is 9.96. The zero-order valence-electron chi connectivity index (χ0n) is 11.0. The zero-order valence-corrected chi connectivity index (χ0v) is 11.0. The molecular weight excluding hydrogens is 256 g/mol. The average Bonchev–Trinajstić information content (AvgIpc) is 2.96. The van der Waals surface area contributed by atoms with Crippen LogP contribution in [0.4, 0.5) is 0 Å². The number of hydrogen-bond acceptors (Lipinski definition) is 6. The fourth-order valence-corrected chi connectivity index (χ4v) is 2.10. The molecule has 6 nitrogen and oxygen atoms in total. The maximum absolute atomic E-state index is 11.7. The van der Waals surface area contributed by atoms with E-state index in [0.29, 0.717) is 19.4 Å². The highest BCUT2D eigenvalue weighted by Crippen LogP contribution is 2.23. The van der Waals surface area contributed by atoms with E-state index in [1.54, 1.807) is 23.1 Å². The van der Waals surface area contributed by atoms with Gasteiger partial charge in [0.05, 0.1) is 16.8 Å². The minimum atomic E-state index is -0.585. The molecule has 1 saturated heterocycles. The zero-order chi connectivity index (χ0) is 15.1. The number of nitrogens with zero attached hydrogens (tertiary/aromatic N) is 4. The lowest BCUT2D eigenvalue weighted by molar-refractivity contribution is -0.113. The van der Waals surface area contributed by atoms with Crippen molar-refractivity contribution in [2.24, 2.45) is 0 Å². The van der Waals surface area contributed by atoms with Crippen LogP contribution in [0.5, 0.6) is 0 Å². The van der Waals surface area contributed by atoms with Gasteiger partial charge >= 0.3 is 0 Å². The summed E-state index contributed by atoms with van der Waals surface area (Å²) in [6.45, 7) is 2.38. The van der Waals surface area contributed by atoms with Gasteiger partial charge in [0.15, 0.2) is 12.1 Å². The highest BCUT2D eigenvalue weighted by molar-refractivity contribution is 6.03. The number of hydrogen-bond donors (Lipinski definition) is 0. The molecule has 0 aromatic carbocycles. The van der Waals surface area contributed by atoms with Gasteiger partial charge in [-0.1, -0.05) is 0 Å². The average molecular weight is 268 g/mol. The molecule has 1 aliphatic heterocycles. The van der Waals surface area contributed by atoms with Crippen molar-refractivity contribution >= 4 is 12.1 Å². The summed E-state index contributed by atoms with van der Waals surface area (Å²) in [5.74, 6) is -0.585. The van der Waals surface area contributed by atoms with Crippen molar-refractivity contribution in [1.29, 1.82) is 15.8 Å². The summed E-state index contributed by atoms with van der Waals surface area (Å²) in [6.07, 6.45) is 2.27. The quantitative estimate of drug-likeness (QED) is 0.325. The van der Waals surface area contributed by atoms with E-state index in [2.05, 4.69) is 0 Å². The second-order valence-electron chi connectivity index (χ2n) is 4.21. The number of nitriles is 3. The van der Waals surface area contributed by atoms with Gasteiger partial charge in [-0.25, -0.2) is 0 Å². The van der Waals surface area contributed by atoms with Gasteiger partial charge in [-0.2, -0.15) is 15.8 Å². The Labute approximate surface area is 116 Å². The molecule has 100 valence electrons. The SMILES string of the molecule is CC(=O)C(=C(C#N)C#N)/C(C#N)=C(\C=O)N1CCCC1. The van der Waals surface area contributed by atoms with Crippen molar-refractivity contribution in [3.8, 4) is 18.2 Å². The van der Waals surface area contributed by atoms with Crippen LogP contribution in [0.2, 0.25) is 0 Å². The Bertz CT molecular complexity index is 601. The highest BCUT2D eigenvalue weighted by atomic mass is 16.1. The fourth-order valence-electron chi connectivity index (χ4n) is 2.10. The van der Waals surface area contributed by atoms with Gasteiger partial charge in [-0.15, -0.1) is 0 Å². The second-order valence-corrected chi connectivity index (χ2v) is 4.21. The van der Waals surface area contributed by atoms with Gasteiger partial charge < -0.3 is 4.90 Å². The number of rotatable bonds is 4. The summed E-state index contributed by atoms with van der Waals surface area (Å²) in [6, 6.07) is 4.98. The minimum Gasteiger partial charge on any atom is -0.368 e. The topological polar surface area (TPSA) is 109 Å². The van der Waals surface area contributed by atoms with Crippen molar-refractivity contribution in [3.05, 3.63) is 22.4 Å². The van der Waals surface area contributed by atoms with Gasteiger partial charge in [-0.05, 0) is 19.8 Å². The Kier molecular flexibility index (Phi) is 5.21. The number of allylic oxidation sites excluding steroid dienone is 4. The maximum Gasteiger partial charge on any atom is 0.167 e. The van der Waals surface area contributed by atoms with Gasteiger partial charge in [0.2, 0.25) is 0 Å². The van der Waals surface area contributed by atoms with E-state index >= 15 is 0 Å². The Balaban J connectivity index is 3.57. The van der Waals surface area contributed by atoms with Crippen LogP contribution in [0, 0.1) is 34.0 Å². The predicted molar refractivity (Wildman–Crippen MR) is 68.4 cm³/mol. The van der Waals surface area contributed by atoms with Crippen LogP contribution in [0.25, 0.3) is 0 Å². The van der Waals surface area contributed by atoms with Crippen LogP contribution in [0.15, 0.2) is 22.4 Å². The number of carbonyl (C=O) groups excluding carboxylic acids is 2. The number of aldehydes is 1. The molecule has 0 aromatic heterocycles. The van der Waals surface area contributed by atoms with E-state index in [1.165, 1.54) is 0 Å². The molecule has 1 aliphatic rings. The Hall–Kier alpha value is -2.91. The van der Waals surface area contributed by atoms with Crippen LogP contribution >= 0.6 is 0 Å². The lowest BCUT2D eigenvalue weighted by Crippen LogP contribution is -2.22. The Morgan fingerprint density at radius 3 is 2.00 bits per heavy atom. The summed E-state index contributed by atoms with van der Waals surface area (Å²) in [7, 11) is 0. The summed E-state index contributed by atoms with van der Waals surface area (Å²) in [5, 5.41) is 27.0. The van der Waals surface area contributed by atoms with Crippen molar-refractivity contribution in [2.75, 3.05) is 13.1 Å². The molecule has 0 aromatic rings. The van der Waals surface area contributed by atoms with Crippen molar-refractivity contribution in [3.63, 3.8) is 0 Å². The number of likely N-dealkylation sites (tertiary alicyclic amines) is 1. The summed E-state index contributed by atoms with van der Waals surface area (Å²) >= 11 is 0. The standard InChI is InChI=1S/C14H12N4O2/c1-10(20)14(11(6-15)7-16)12(8-17)13(9-19)18-4-2-3-5-18/h9H,2-5H2,1H3/b13-12+. The molecule has 6 heteroatoms. The van der Waals surface area contributed by atoms with Gasteiger partial charge in [0.1, 0.15) is 23.8 Å². The first-order valence-corrected chi connectivity index (χ1v) is 6.01. The summed E-state index contributed by atoms with van der Waals surface area (Å²) in [5.41, 5.74) is -0.871. The van der Waals surface area contributed by atoms with Crippen molar-refractivity contribution in [1.82, 2.24) is 4.90 Å². The summed E-state index contributed by atoms with van der Waals surface area (Å²) in [4.78, 5) is 24.6. The summed E-state index contributed by atoms with van der Waals surface area (Å²) < 4.78 is 0. The Morgan fingerprint density at radius 1 is 1.10 bits per heavy atom. The maximum atomic E-state index is 11.7. The molecular formula is C14H12N4O2. The van der Waals surface area contributed by atoms with E-state index in [4.69, 9.17) is 10.5 Å². The molecule has 1 rings (SSSR count). The van der Waals surface area contributed by atoms with Crippen molar-refractivity contribution in [2.45, 2.75) is 19.8 Å². The van der Waals surface area contributed by atoms with E-state index in [0.717, 1.165) is 19.8 Å². The molecule has 0 saturated carbocycles. The van der Waals surface area contributed by atoms with E-state index in [-0.39, 0.29) is 16.8 Å². The smallest absolute Gasteiger partial charge is 0.167 e. The largest absolute Gasteiger partial charge is 0.368 e. The van der Waals surface area contributed by atoms with Crippen LogP contribution in [0.1, 0.15) is 19.8 Å². The monoisotopic (exact) mass is 268 g/mol. The normalized spacial score (nSPS) is 14.4. The first-order chi connectivity index (χ1) is 9.60. The van der Waals surface area contributed by atoms with Crippen LogP contribution in [-0.2, 0) is 9.59 Å². The predicted octanol–water partition coefficient (Wildman–Crippen LogP) is 0.992. The molecule has 0 atom stereocenters. The molecule has 0 N–H and O–H groups in total. The van der Waals surface area contributed by atoms with Gasteiger partial charge in [0.25, 0.3) is 0 Å². The third-order valence-electron chi connectivity index (χ3n) is 3.00. The molecule has 0 bridgehead atoms. The first-order valence-electron chi connectivity index (χ1n) is 6.01. The molecule has 0 unspecified atom stereocenters. The van der Waals surface area contributed by atoms with Crippen molar-refractivity contribution < 1.29 is 9.59 Å². The molecule has 0 spiro atoms. The van der Waals surface area contributed by atoms with Crippen LogP contribution in [-0.4, -0.2) is 30.1 Å². The number of ketones is 1. The van der Waals surface area contributed by atoms with E-state index in [9.17, 15) is 14.9 Å². The van der Waals surface area contributed by atoms with Gasteiger partial charge in [0, 0.05) is 13.1 Å². The molecule has 0 aliphatic carbocycles. The number of Topliss-reactive ketones (excluding diaryl/α,β-unsaturated/α-hetero) is 1. The van der Waals surface area contributed by atoms with E-state index in [1.807, 2.05) is 0 Å². The first kappa shape index (κ1) is 15.1. The molecule has 0 radical (unpaired) electrons. The molecule has 1 heterocycles. The highest BCUT2D eigenvalue weighted by Gasteiger charge is 2.25. The van der Waals surface area contributed by atoms with Crippen LogP contribution in [0.3, 0.4) is 0 Å². The molecule has 0 amide bonds. The second kappa shape index (κ2) is 6.87.